The quantitative estimate of drug-likeness (QED) is 0.359. The lowest BCUT2D eigenvalue weighted by molar-refractivity contribution is -0.148. The molecule has 3 rings (SSSR count). The Labute approximate surface area is 210 Å². The van der Waals surface area contributed by atoms with Crippen LogP contribution in [0.1, 0.15) is 28.8 Å². The molecule has 2 aromatic carbocycles. The highest BCUT2D eigenvalue weighted by Crippen LogP contribution is 2.37. The van der Waals surface area contributed by atoms with Gasteiger partial charge in [-0.15, -0.1) is 0 Å². The van der Waals surface area contributed by atoms with Gasteiger partial charge in [0.2, 0.25) is 10.0 Å². The number of benzene rings is 2. The molecule has 36 heavy (non-hydrogen) atoms. The fourth-order valence-electron chi connectivity index (χ4n) is 3.71. The van der Waals surface area contributed by atoms with Gasteiger partial charge in [0.05, 0.1) is 35.6 Å². The van der Waals surface area contributed by atoms with E-state index in [1.54, 1.807) is 6.07 Å². The summed E-state index contributed by atoms with van der Waals surface area (Å²) in [6.45, 7) is -0.719. The fourth-order valence-corrected chi connectivity index (χ4v) is 5.43. The first-order valence-corrected chi connectivity index (χ1v) is 12.5. The topological polar surface area (TPSA) is 99.2 Å². The number of esters is 1. The van der Waals surface area contributed by atoms with E-state index in [1.165, 1.54) is 26.4 Å². The molecule has 0 atom stereocenters. The van der Waals surface area contributed by atoms with E-state index < -0.39 is 56.0 Å². The van der Waals surface area contributed by atoms with Crippen LogP contribution in [0.2, 0.25) is 5.02 Å². The number of ketones is 1. The number of sulfonamides is 1. The van der Waals surface area contributed by atoms with E-state index >= 15 is 0 Å². The molecule has 0 aromatic heterocycles. The Hall–Kier alpha value is -2.83. The lowest BCUT2D eigenvalue weighted by atomic mass is 9.98. The number of carbonyl (C=O) groups is 2. The Morgan fingerprint density at radius 3 is 2.25 bits per heavy atom. The van der Waals surface area contributed by atoms with Crippen molar-refractivity contribution in [3.8, 4) is 11.5 Å². The monoisotopic (exact) mass is 549 g/mol. The van der Waals surface area contributed by atoms with E-state index in [-0.39, 0.29) is 31.5 Å². The summed E-state index contributed by atoms with van der Waals surface area (Å²) in [7, 11) is -1.37. The normalized spacial score (nSPS) is 15.4. The van der Waals surface area contributed by atoms with Crippen LogP contribution in [-0.2, 0) is 25.7 Å². The van der Waals surface area contributed by atoms with Crippen molar-refractivity contribution in [3.05, 3.63) is 52.5 Å². The zero-order chi connectivity index (χ0) is 26.7. The molecule has 1 aliphatic rings. The average Bonchev–Trinajstić information content (AvgIpc) is 2.86. The van der Waals surface area contributed by atoms with Crippen LogP contribution >= 0.6 is 11.6 Å². The SMILES string of the molecule is COc1ccc(C(=O)COC(=O)C2CCN(S(=O)(=O)c3ccc(Cl)c(C(F)(F)F)c3)CC2)cc1OC. The molecule has 0 N–H and O–H groups in total. The zero-order valence-corrected chi connectivity index (χ0v) is 20.9. The van der Waals surface area contributed by atoms with E-state index in [2.05, 4.69) is 0 Å². The molecular weight excluding hydrogens is 527 g/mol. The van der Waals surface area contributed by atoms with Gasteiger partial charge in [-0.05, 0) is 49.2 Å². The van der Waals surface area contributed by atoms with Gasteiger partial charge in [0.15, 0.2) is 23.9 Å². The molecule has 1 aliphatic heterocycles. The number of halogens is 4. The number of carbonyl (C=O) groups excluding carboxylic acids is 2. The third-order valence-corrected chi connectivity index (χ3v) is 7.94. The minimum Gasteiger partial charge on any atom is -0.493 e. The lowest BCUT2D eigenvalue weighted by Crippen LogP contribution is -2.40. The van der Waals surface area contributed by atoms with Gasteiger partial charge in [-0.25, -0.2) is 8.42 Å². The maximum Gasteiger partial charge on any atom is 0.417 e. The highest BCUT2D eigenvalue weighted by atomic mass is 35.5. The molecule has 0 saturated carbocycles. The highest BCUT2D eigenvalue weighted by molar-refractivity contribution is 7.89. The van der Waals surface area contributed by atoms with Gasteiger partial charge < -0.3 is 14.2 Å². The standard InChI is InChI=1S/C23H23ClF3NO7S/c1-33-20-6-3-15(11-21(20)34-2)19(29)13-35-22(30)14-7-9-28(10-8-14)36(31,32)16-4-5-18(24)17(12-16)23(25,26)27/h3-6,11-12,14H,7-10,13H2,1-2H3. The molecule has 2 aromatic rings. The molecule has 1 heterocycles. The van der Waals surface area contributed by atoms with Crippen LogP contribution in [0.5, 0.6) is 11.5 Å². The molecule has 0 spiro atoms. The van der Waals surface area contributed by atoms with Crippen molar-refractivity contribution < 1.29 is 45.4 Å². The van der Waals surface area contributed by atoms with Crippen LogP contribution in [0, 0.1) is 5.92 Å². The number of alkyl halides is 3. The molecule has 0 aliphatic carbocycles. The number of piperidine rings is 1. The van der Waals surface area contributed by atoms with Crippen molar-refractivity contribution in [1.82, 2.24) is 4.31 Å². The van der Waals surface area contributed by atoms with Crippen molar-refractivity contribution in [2.45, 2.75) is 23.9 Å². The number of Topliss-reactive ketones (excluding diaryl/α,β-unsaturated/α-hetero) is 1. The summed E-state index contributed by atoms with van der Waals surface area (Å²) in [6.07, 6.45) is -4.64. The molecule has 0 radical (unpaired) electrons. The van der Waals surface area contributed by atoms with Crippen LogP contribution in [0.4, 0.5) is 13.2 Å². The molecule has 0 unspecified atom stereocenters. The number of methoxy groups -OCH3 is 2. The molecule has 1 fully saturated rings. The molecule has 13 heteroatoms. The molecule has 8 nitrogen and oxygen atoms in total. The molecule has 0 amide bonds. The van der Waals surface area contributed by atoms with Gasteiger partial charge in [0, 0.05) is 18.7 Å². The van der Waals surface area contributed by atoms with Crippen LogP contribution in [-0.4, -0.2) is 58.4 Å². The van der Waals surface area contributed by atoms with Crippen molar-refractivity contribution in [1.29, 1.82) is 0 Å². The smallest absolute Gasteiger partial charge is 0.417 e. The first-order chi connectivity index (χ1) is 16.9. The number of nitrogens with zero attached hydrogens (tertiary/aromatic N) is 1. The zero-order valence-electron chi connectivity index (χ0n) is 19.3. The minimum atomic E-state index is -4.81. The second-order valence-corrected chi connectivity index (χ2v) is 10.3. The predicted molar refractivity (Wildman–Crippen MR) is 123 cm³/mol. The van der Waals surface area contributed by atoms with Crippen LogP contribution in [0.15, 0.2) is 41.3 Å². The summed E-state index contributed by atoms with van der Waals surface area (Å²) in [5, 5.41) is -0.606. The van der Waals surface area contributed by atoms with Gasteiger partial charge in [-0.3, -0.25) is 9.59 Å². The molecule has 1 saturated heterocycles. The Morgan fingerprint density at radius 2 is 1.67 bits per heavy atom. The summed E-state index contributed by atoms with van der Waals surface area (Å²) in [5.74, 6) is -1.02. The van der Waals surface area contributed by atoms with Gasteiger partial charge in [0.25, 0.3) is 0 Å². The van der Waals surface area contributed by atoms with Crippen LogP contribution in [0.3, 0.4) is 0 Å². The first kappa shape index (κ1) is 27.8. The maximum absolute atomic E-state index is 13.1. The Bertz CT molecular complexity index is 1240. The van der Waals surface area contributed by atoms with Crippen molar-refractivity contribution in [2.24, 2.45) is 5.92 Å². The van der Waals surface area contributed by atoms with Gasteiger partial charge in [-0.1, -0.05) is 11.6 Å². The number of hydrogen-bond donors (Lipinski definition) is 0. The van der Waals surface area contributed by atoms with Crippen LogP contribution in [0.25, 0.3) is 0 Å². The van der Waals surface area contributed by atoms with Crippen molar-refractivity contribution >= 4 is 33.4 Å². The summed E-state index contributed by atoms with van der Waals surface area (Å²) in [6, 6.07) is 6.89. The Balaban J connectivity index is 1.59. The van der Waals surface area contributed by atoms with E-state index in [9.17, 15) is 31.2 Å². The van der Waals surface area contributed by atoms with E-state index in [1.807, 2.05) is 0 Å². The van der Waals surface area contributed by atoms with Gasteiger partial charge in [-0.2, -0.15) is 17.5 Å². The van der Waals surface area contributed by atoms with Crippen molar-refractivity contribution in [2.75, 3.05) is 33.9 Å². The molecule has 196 valence electrons. The Kier molecular flexibility index (Phi) is 8.52. The third kappa shape index (κ3) is 6.11. The Morgan fingerprint density at radius 1 is 1.03 bits per heavy atom. The fraction of sp³-hybridized carbons (Fsp3) is 0.391. The van der Waals surface area contributed by atoms with Gasteiger partial charge in [0.1, 0.15) is 0 Å². The second-order valence-electron chi connectivity index (χ2n) is 7.92. The average molecular weight is 550 g/mol. The largest absolute Gasteiger partial charge is 0.493 e. The third-order valence-electron chi connectivity index (χ3n) is 5.72. The summed E-state index contributed by atoms with van der Waals surface area (Å²) < 4.78 is 81.5. The summed E-state index contributed by atoms with van der Waals surface area (Å²) in [5.41, 5.74) is -0.995. The van der Waals surface area contributed by atoms with Crippen LogP contribution < -0.4 is 9.47 Å². The van der Waals surface area contributed by atoms with E-state index in [0.717, 1.165) is 16.4 Å². The number of hydrogen-bond acceptors (Lipinski definition) is 7. The van der Waals surface area contributed by atoms with E-state index in [0.29, 0.717) is 17.6 Å². The summed E-state index contributed by atoms with van der Waals surface area (Å²) in [4.78, 5) is 24.3. The van der Waals surface area contributed by atoms with Gasteiger partial charge >= 0.3 is 12.1 Å². The number of rotatable bonds is 8. The van der Waals surface area contributed by atoms with Crippen molar-refractivity contribution in [3.63, 3.8) is 0 Å². The van der Waals surface area contributed by atoms with E-state index in [4.69, 9.17) is 25.8 Å². The lowest BCUT2D eigenvalue weighted by Gasteiger charge is -2.30. The summed E-state index contributed by atoms with van der Waals surface area (Å²) >= 11 is 5.57. The maximum atomic E-state index is 13.1. The number of ether oxygens (including phenoxy) is 3. The predicted octanol–water partition coefficient (Wildman–Crippen LogP) is 4.20. The molecule has 0 bridgehead atoms. The first-order valence-electron chi connectivity index (χ1n) is 10.7. The second kappa shape index (κ2) is 11.1. The minimum absolute atomic E-state index is 0.0856. The molecular formula is C23H23ClF3NO7S. The highest BCUT2D eigenvalue weighted by Gasteiger charge is 2.37.